The molecule has 122 valence electrons. The number of nitrogens with one attached hydrogen (secondary N) is 2. The molecule has 0 aromatic heterocycles. The van der Waals surface area contributed by atoms with E-state index in [1.54, 1.807) is 0 Å². The molecule has 0 heterocycles. The van der Waals surface area contributed by atoms with Gasteiger partial charge < -0.3 is 10.6 Å². The zero-order valence-corrected chi connectivity index (χ0v) is 12.0. The molecule has 2 N–H and O–H groups in total. The quantitative estimate of drug-likeness (QED) is 0.430. The van der Waals surface area contributed by atoms with E-state index in [1.807, 2.05) is 0 Å². The molecule has 1 fully saturated rings. The van der Waals surface area contributed by atoms with Crippen molar-refractivity contribution in [2.75, 3.05) is 13.1 Å². The van der Waals surface area contributed by atoms with Gasteiger partial charge in [-0.05, 0) is 12.8 Å². The van der Waals surface area contributed by atoms with Crippen molar-refractivity contribution in [3.63, 3.8) is 0 Å². The van der Waals surface area contributed by atoms with Crippen molar-refractivity contribution in [1.29, 1.82) is 0 Å². The van der Waals surface area contributed by atoms with Gasteiger partial charge in [-0.15, -0.1) is 0 Å². The number of amides is 2. The number of nitro groups is 2. The standard InChI is InChI=1S/C13H14N4O6/c18-12(8-1-2-8)14-3-4-15-13(19)9-5-10(16(20)21)7-11(6-9)17(22)23/h5-8H,1-4H2,(H,14,18)(H,15,19). The summed E-state index contributed by atoms with van der Waals surface area (Å²) in [7, 11) is 0. The fraction of sp³-hybridized carbons (Fsp3) is 0.385. The van der Waals surface area contributed by atoms with Crippen LogP contribution in [0.4, 0.5) is 11.4 Å². The van der Waals surface area contributed by atoms with Gasteiger partial charge in [0.25, 0.3) is 17.3 Å². The van der Waals surface area contributed by atoms with Gasteiger partial charge in [-0.3, -0.25) is 29.8 Å². The molecule has 0 radical (unpaired) electrons. The highest BCUT2D eigenvalue weighted by Gasteiger charge is 2.29. The Kier molecular flexibility index (Phi) is 4.84. The van der Waals surface area contributed by atoms with Crippen LogP contribution in [0.25, 0.3) is 0 Å². The van der Waals surface area contributed by atoms with Crippen LogP contribution in [0.5, 0.6) is 0 Å². The minimum atomic E-state index is -0.806. The normalized spacial score (nSPS) is 13.2. The Bertz CT molecular complexity index is 638. The number of nitro benzene ring substituents is 2. The van der Waals surface area contributed by atoms with Crippen LogP contribution in [0.2, 0.25) is 0 Å². The molecule has 1 aliphatic carbocycles. The highest BCUT2D eigenvalue weighted by molar-refractivity contribution is 5.95. The van der Waals surface area contributed by atoms with E-state index in [1.165, 1.54) is 0 Å². The lowest BCUT2D eigenvalue weighted by Crippen LogP contribution is -2.35. The molecule has 0 unspecified atom stereocenters. The summed E-state index contributed by atoms with van der Waals surface area (Å²) in [5.41, 5.74) is -1.25. The Labute approximate surface area is 130 Å². The monoisotopic (exact) mass is 322 g/mol. The maximum absolute atomic E-state index is 11.9. The van der Waals surface area contributed by atoms with Crippen molar-refractivity contribution in [1.82, 2.24) is 10.6 Å². The van der Waals surface area contributed by atoms with Gasteiger partial charge in [-0.1, -0.05) is 0 Å². The van der Waals surface area contributed by atoms with Crippen LogP contribution < -0.4 is 10.6 Å². The molecule has 0 atom stereocenters. The fourth-order valence-corrected chi connectivity index (χ4v) is 1.89. The smallest absolute Gasteiger partial charge is 0.277 e. The molecule has 2 amide bonds. The zero-order valence-electron chi connectivity index (χ0n) is 12.0. The average molecular weight is 322 g/mol. The van der Waals surface area contributed by atoms with E-state index in [0.29, 0.717) is 0 Å². The molecule has 1 aromatic rings. The third-order valence-corrected chi connectivity index (χ3v) is 3.24. The molecular weight excluding hydrogens is 308 g/mol. The summed E-state index contributed by atoms with van der Waals surface area (Å²) in [6.45, 7) is 0.339. The van der Waals surface area contributed by atoms with Gasteiger partial charge in [0.05, 0.1) is 21.5 Å². The lowest BCUT2D eigenvalue weighted by molar-refractivity contribution is -0.394. The summed E-state index contributed by atoms with van der Waals surface area (Å²) < 4.78 is 0. The predicted octanol–water partition coefficient (Wildman–Crippen LogP) is 0.759. The van der Waals surface area contributed by atoms with E-state index in [-0.39, 0.29) is 30.5 Å². The minimum absolute atomic E-state index is 0.0603. The molecule has 10 nitrogen and oxygen atoms in total. The first kappa shape index (κ1) is 16.3. The molecule has 10 heteroatoms. The van der Waals surface area contributed by atoms with E-state index in [4.69, 9.17) is 0 Å². The second-order valence-corrected chi connectivity index (χ2v) is 5.07. The summed E-state index contributed by atoms with van der Waals surface area (Å²) >= 11 is 0. The number of non-ortho nitro benzene ring substituents is 2. The number of carbonyl (C=O) groups excluding carboxylic acids is 2. The highest BCUT2D eigenvalue weighted by atomic mass is 16.6. The maximum Gasteiger partial charge on any atom is 0.277 e. The average Bonchev–Trinajstić information content (AvgIpc) is 3.35. The van der Waals surface area contributed by atoms with Crippen molar-refractivity contribution >= 4 is 23.2 Å². The summed E-state index contributed by atoms with van der Waals surface area (Å²) in [4.78, 5) is 43.2. The number of hydrogen-bond acceptors (Lipinski definition) is 6. The first-order valence-electron chi connectivity index (χ1n) is 6.88. The van der Waals surface area contributed by atoms with E-state index >= 15 is 0 Å². The molecule has 23 heavy (non-hydrogen) atoms. The molecule has 1 aromatic carbocycles. The Hall–Kier alpha value is -3.04. The largest absolute Gasteiger partial charge is 0.354 e. The Balaban J connectivity index is 1.95. The van der Waals surface area contributed by atoms with Crippen LogP contribution in [0.1, 0.15) is 23.2 Å². The van der Waals surface area contributed by atoms with Crippen molar-refractivity contribution in [3.8, 4) is 0 Å². The van der Waals surface area contributed by atoms with E-state index in [2.05, 4.69) is 10.6 Å². The maximum atomic E-state index is 11.9. The topological polar surface area (TPSA) is 144 Å². The summed E-state index contributed by atoms with van der Waals surface area (Å²) in [6.07, 6.45) is 1.74. The van der Waals surface area contributed by atoms with Gasteiger partial charge in [0.1, 0.15) is 0 Å². The van der Waals surface area contributed by atoms with Crippen LogP contribution in [-0.4, -0.2) is 34.8 Å². The van der Waals surface area contributed by atoms with Crippen LogP contribution in [0, 0.1) is 26.1 Å². The number of carbonyl (C=O) groups is 2. The van der Waals surface area contributed by atoms with Crippen molar-refractivity contribution in [2.24, 2.45) is 5.92 Å². The van der Waals surface area contributed by atoms with Gasteiger partial charge in [0.15, 0.2) is 0 Å². The third kappa shape index (κ3) is 4.46. The van der Waals surface area contributed by atoms with Gasteiger partial charge >= 0.3 is 0 Å². The number of nitrogens with zero attached hydrogens (tertiary/aromatic N) is 2. The third-order valence-electron chi connectivity index (χ3n) is 3.24. The predicted molar refractivity (Wildman–Crippen MR) is 77.8 cm³/mol. The minimum Gasteiger partial charge on any atom is -0.354 e. The molecule has 0 aliphatic heterocycles. The summed E-state index contributed by atoms with van der Waals surface area (Å²) in [6, 6.07) is 2.71. The van der Waals surface area contributed by atoms with Crippen molar-refractivity contribution in [2.45, 2.75) is 12.8 Å². The second kappa shape index (κ2) is 6.81. The van der Waals surface area contributed by atoms with Gasteiger partial charge in [-0.25, -0.2) is 0 Å². The van der Waals surface area contributed by atoms with Crippen LogP contribution in [0.3, 0.4) is 0 Å². The molecule has 2 rings (SSSR count). The molecule has 0 spiro atoms. The Morgan fingerprint density at radius 2 is 1.52 bits per heavy atom. The molecular formula is C13H14N4O6. The van der Waals surface area contributed by atoms with Crippen LogP contribution in [0.15, 0.2) is 18.2 Å². The van der Waals surface area contributed by atoms with Crippen molar-refractivity contribution < 1.29 is 19.4 Å². The van der Waals surface area contributed by atoms with E-state index in [0.717, 1.165) is 31.0 Å². The van der Waals surface area contributed by atoms with Crippen LogP contribution >= 0.6 is 0 Å². The van der Waals surface area contributed by atoms with Gasteiger partial charge in [0, 0.05) is 31.1 Å². The molecule has 0 saturated heterocycles. The molecule has 1 saturated carbocycles. The van der Waals surface area contributed by atoms with Crippen LogP contribution in [-0.2, 0) is 4.79 Å². The highest BCUT2D eigenvalue weighted by Crippen LogP contribution is 2.28. The van der Waals surface area contributed by atoms with E-state index in [9.17, 15) is 29.8 Å². The summed E-state index contributed by atoms with van der Waals surface area (Å²) in [5.74, 6) is -0.687. The Morgan fingerprint density at radius 3 is 2.00 bits per heavy atom. The van der Waals surface area contributed by atoms with Gasteiger partial charge in [0.2, 0.25) is 5.91 Å². The number of rotatable bonds is 7. The van der Waals surface area contributed by atoms with Gasteiger partial charge in [-0.2, -0.15) is 0 Å². The lowest BCUT2D eigenvalue weighted by Gasteiger charge is -2.07. The van der Waals surface area contributed by atoms with E-state index < -0.39 is 27.1 Å². The second-order valence-electron chi connectivity index (χ2n) is 5.07. The number of hydrogen-bond donors (Lipinski definition) is 2. The summed E-state index contributed by atoms with van der Waals surface area (Å²) in [5, 5.41) is 26.6. The lowest BCUT2D eigenvalue weighted by atomic mass is 10.1. The van der Waals surface area contributed by atoms with Crippen molar-refractivity contribution in [3.05, 3.63) is 44.0 Å². The molecule has 0 bridgehead atoms. The first-order chi connectivity index (χ1) is 10.9. The molecule has 1 aliphatic rings. The fourth-order valence-electron chi connectivity index (χ4n) is 1.89. The SMILES string of the molecule is O=C(NCCNC(=O)C1CC1)c1cc([N+](=O)[O-])cc([N+](=O)[O-])c1. The number of benzene rings is 1. The first-order valence-corrected chi connectivity index (χ1v) is 6.88. The zero-order chi connectivity index (χ0) is 17.0. The Morgan fingerprint density at radius 1 is 1.00 bits per heavy atom.